The molecule has 1 aromatic carbocycles. The first-order valence-corrected chi connectivity index (χ1v) is 14.3. The quantitative estimate of drug-likeness (QED) is 0.304. The standard InChI is InChI=1S/C28H27N5O3S2/c1-16-23-26(33(2)20-15-22(34)30-27(20)35)31-25(21-6-4-14-37-21)32-28(23)38-24(16)17-7-9-19(10-8-17)36-13-11-18-5-3-12-29-18/h4,6-10,14-15,18,29H,3,5,11-13H2,1-2H3,(H,30,34,35). The van der Waals surface area contributed by atoms with E-state index in [1.807, 2.05) is 36.6 Å². The number of fused-ring (bicyclic) bond motifs is 1. The fourth-order valence-electron chi connectivity index (χ4n) is 4.94. The number of anilines is 1. The maximum atomic E-state index is 12.4. The molecule has 4 aromatic rings. The van der Waals surface area contributed by atoms with Gasteiger partial charge in [-0.25, -0.2) is 9.97 Å². The Morgan fingerprint density at radius 2 is 2.00 bits per heavy atom. The summed E-state index contributed by atoms with van der Waals surface area (Å²) in [6, 6.07) is 12.7. The number of ether oxygens (including phenoxy) is 1. The van der Waals surface area contributed by atoms with Crippen LogP contribution < -0.4 is 20.3 Å². The summed E-state index contributed by atoms with van der Waals surface area (Å²) < 4.78 is 6.00. The van der Waals surface area contributed by atoms with Gasteiger partial charge in [0.15, 0.2) is 5.82 Å². The van der Waals surface area contributed by atoms with Gasteiger partial charge in [0.25, 0.3) is 11.8 Å². The summed E-state index contributed by atoms with van der Waals surface area (Å²) in [6.07, 6.45) is 4.79. The molecule has 0 spiro atoms. The highest BCUT2D eigenvalue weighted by molar-refractivity contribution is 7.22. The number of aromatic nitrogens is 2. The predicted molar refractivity (Wildman–Crippen MR) is 152 cm³/mol. The van der Waals surface area contributed by atoms with Crippen LogP contribution in [0, 0.1) is 6.92 Å². The lowest BCUT2D eigenvalue weighted by Crippen LogP contribution is -2.29. The first-order chi connectivity index (χ1) is 18.5. The lowest BCUT2D eigenvalue weighted by Gasteiger charge is -2.19. The van der Waals surface area contributed by atoms with Crippen molar-refractivity contribution >= 4 is 50.5 Å². The molecule has 2 N–H and O–H groups in total. The Hall–Kier alpha value is -3.60. The van der Waals surface area contributed by atoms with Crippen LogP contribution in [0.4, 0.5) is 5.82 Å². The van der Waals surface area contributed by atoms with Crippen molar-refractivity contribution in [2.24, 2.45) is 0 Å². The van der Waals surface area contributed by atoms with Crippen LogP contribution in [0.5, 0.6) is 5.75 Å². The van der Waals surface area contributed by atoms with Crippen molar-refractivity contribution in [3.8, 4) is 26.9 Å². The molecule has 8 nitrogen and oxygen atoms in total. The largest absolute Gasteiger partial charge is 0.494 e. The lowest BCUT2D eigenvalue weighted by atomic mass is 10.1. The number of rotatable bonds is 8. The van der Waals surface area contributed by atoms with Crippen LogP contribution in [0.3, 0.4) is 0 Å². The van der Waals surface area contributed by atoms with Crippen molar-refractivity contribution in [3.63, 3.8) is 0 Å². The number of carbonyl (C=O) groups is 2. The number of thiophene rings is 2. The Morgan fingerprint density at radius 3 is 2.68 bits per heavy atom. The number of aryl methyl sites for hydroxylation is 1. The topological polar surface area (TPSA) is 96.4 Å². The van der Waals surface area contributed by atoms with Gasteiger partial charge < -0.3 is 15.0 Å². The Bertz CT molecular complexity index is 1540. The van der Waals surface area contributed by atoms with E-state index >= 15 is 0 Å². The number of benzene rings is 1. The normalized spacial score (nSPS) is 17.2. The summed E-state index contributed by atoms with van der Waals surface area (Å²) in [4.78, 5) is 38.6. The van der Waals surface area contributed by atoms with Gasteiger partial charge in [-0.1, -0.05) is 6.07 Å². The van der Waals surface area contributed by atoms with E-state index < -0.39 is 11.8 Å². The maximum Gasteiger partial charge on any atom is 0.274 e. The van der Waals surface area contributed by atoms with E-state index in [2.05, 4.69) is 22.8 Å². The molecule has 0 aliphatic carbocycles. The van der Waals surface area contributed by atoms with Crippen molar-refractivity contribution < 1.29 is 14.3 Å². The number of hydrogen-bond acceptors (Lipinski definition) is 9. The van der Waals surface area contributed by atoms with Crippen LogP contribution in [-0.2, 0) is 9.59 Å². The van der Waals surface area contributed by atoms with Crippen molar-refractivity contribution in [1.82, 2.24) is 20.6 Å². The minimum atomic E-state index is -0.436. The van der Waals surface area contributed by atoms with Gasteiger partial charge in [0.1, 0.15) is 22.1 Å². The number of likely N-dealkylation sites (N-methyl/N-ethyl adjacent to an activating group) is 1. The van der Waals surface area contributed by atoms with Gasteiger partial charge in [0, 0.05) is 24.0 Å². The van der Waals surface area contributed by atoms with Crippen LogP contribution in [0.2, 0.25) is 0 Å². The van der Waals surface area contributed by atoms with Crippen LogP contribution in [0.1, 0.15) is 24.8 Å². The molecule has 2 aliphatic rings. The van der Waals surface area contributed by atoms with Crippen molar-refractivity contribution in [2.75, 3.05) is 25.1 Å². The van der Waals surface area contributed by atoms with E-state index in [0.29, 0.717) is 24.3 Å². The van der Waals surface area contributed by atoms with Crippen LogP contribution in [0.15, 0.2) is 53.6 Å². The Morgan fingerprint density at radius 1 is 1.16 bits per heavy atom. The minimum Gasteiger partial charge on any atom is -0.494 e. The third-order valence-electron chi connectivity index (χ3n) is 6.94. The predicted octanol–water partition coefficient (Wildman–Crippen LogP) is 4.89. The second kappa shape index (κ2) is 10.3. The molecule has 6 rings (SSSR count). The summed E-state index contributed by atoms with van der Waals surface area (Å²) in [5, 5.41) is 8.68. The summed E-state index contributed by atoms with van der Waals surface area (Å²) >= 11 is 3.15. The molecule has 2 aliphatic heterocycles. The van der Waals surface area contributed by atoms with Gasteiger partial charge in [-0.05, 0) is 79.6 Å². The number of hydrogen-bond donors (Lipinski definition) is 2. The second-order valence-corrected chi connectivity index (χ2v) is 11.4. The van der Waals surface area contributed by atoms with E-state index in [1.54, 1.807) is 34.6 Å². The number of nitrogens with one attached hydrogen (secondary N) is 2. The van der Waals surface area contributed by atoms with Gasteiger partial charge in [0.2, 0.25) is 0 Å². The third-order valence-corrected chi connectivity index (χ3v) is 9.04. The Labute approximate surface area is 228 Å². The molecular weight excluding hydrogens is 518 g/mol. The van der Waals surface area contributed by atoms with Gasteiger partial charge >= 0.3 is 0 Å². The smallest absolute Gasteiger partial charge is 0.274 e. The molecule has 1 fully saturated rings. The minimum absolute atomic E-state index is 0.258. The average molecular weight is 546 g/mol. The zero-order chi connectivity index (χ0) is 26.2. The van der Waals surface area contributed by atoms with Gasteiger partial charge in [0.05, 0.1) is 16.9 Å². The molecular formula is C28H27N5O3S2. The number of imide groups is 1. The third kappa shape index (κ3) is 4.70. The SMILES string of the molecule is Cc1c(-c2ccc(OCCC3CCCN3)cc2)sc2nc(-c3cccs3)nc(N(C)C3=CC(=O)NC3=O)c12. The highest BCUT2D eigenvalue weighted by Gasteiger charge is 2.29. The van der Waals surface area contributed by atoms with Crippen molar-refractivity contribution in [3.05, 3.63) is 59.1 Å². The van der Waals surface area contributed by atoms with Crippen LogP contribution >= 0.6 is 22.7 Å². The molecule has 10 heteroatoms. The molecule has 5 heterocycles. The van der Waals surface area contributed by atoms with Gasteiger partial charge in [-0.15, -0.1) is 22.7 Å². The molecule has 2 amide bonds. The molecule has 1 unspecified atom stereocenters. The average Bonchev–Trinajstić information content (AvgIpc) is 3.72. The zero-order valence-electron chi connectivity index (χ0n) is 21.1. The fraction of sp³-hybridized carbons (Fsp3) is 0.286. The lowest BCUT2D eigenvalue weighted by molar-refractivity contribution is -0.123. The summed E-state index contributed by atoms with van der Waals surface area (Å²) in [5.74, 6) is 1.18. The number of nitrogens with zero attached hydrogens (tertiary/aromatic N) is 3. The van der Waals surface area contributed by atoms with Crippen LogP contribution in [0.25, 0.3) is 31.4 Å². The van der Waals surface area contributed by atoms with Crippen LogP contribution in [-0.4, -0.2) is 48.0 Å². The highest BCUT2D eigenvalue weighted by Crippen LogP contribution is 2.43. The molecule has 194 valence electrons. The van der Waals surface area contributed by atoms with E-state index in [1.165, 1.54) is 18.9 Å². The van der Waals surface area contributed by atoms with E-state index in [4.69, 9.17) is 14.7 Å². The Balaban J connectivity index is 1.35. The van der Waals surface area contributed by atoms with Gasteiger partial charge in [-0.3, -0.25) is 14.9 Å². The molecule has 3 aromatic heterocycles. The molecule has 1 saturated heterocycles. The van der Waals surface area contributed by atoms with E-state index in [9.17, 15) is 9.59 Å². The first-order valence-electron chi connectivity index (χ1n) is 12.6. The van der Waals surface area contributed by atoms with Crippen molar-refractivity contribution in [1.29, 1.82) is 0 Å². The Kier molecular flexibility index (Phi) is 6.69. The number of amides is 2. The van der Waals surface area contributed by atoms with E-state index in [0.717, 1.165) is 49.8 Å². The molecule has 0 radical (unpaired) electrons. The van der Waals surface area contributed by atoms with Gasteiger partial charge in [-0.2, -0.15) is 0 Å². The number of carbonyl (C=O) groups excluding carboxylic acids is 2. The summed E-state index contributed by atoms with van der Waals surface area (Å²) in [7, 11) is 1.76. The van der Waals surface area contributed by atoms with E-state index in [-0.39, 0.29) is 5.70 Å². The summed E-state index contributed by atoms with van der Waals surface area (Å²) in [6.45, 7) is 3.85. The molecule has 0 saturated carbocycles. The molecule has 1 atom stereocenters. The zero-order valence-corrected chi connectivity index (χ0v) is 22.7. The van der Waals surface area contributed by atoms with Crippen molar-refractivity contribution in [2.45, 2.75) is 32.2 Å². The molecule has 38 heavy (non-hydrogen) atoms. The monoisotopic (exact) mass is 545 g/mol. The summed E-state index contributed by atoms with van der Waals surface area (Å²) in [5.41, 5.74) is 2.35. The fourth-order valence-corrected chi connectivity index (χ4v) is 6.78. The molecule has 0 bridgehead atoms. The first kappa shape index (κ1) is 24.7. The second-order valence-electron chi connectivity index (χ2n) is 9.45. The maximum absolute atomic E-state index is 12.4. The highest BCUT2D eigenvalue weighted by atomic mass is 32.1.